The van der Waals surface area contributed by atoms with Gasteiger partial charge in [0.2, 0.25) is 12.4 Å². The molecule has 1 fully saturated rings. The molecule has 1 aliphatic heterocycles. The predicted molar refractivity (Wildman–Crippen MR) is 189 cm³/mol. The molecule has 2 aromatic heterocycles. The molecule has 1 aliphatic rings. The third-order valence-electron chi connectivity index (χ3n) is 8.28. The van der Waals surface area contributed by atoms with Gasteiger partial charge in [0.1, 0.15) is 30.1 Å². The number of aromatic nitrogens is 3. The summed E-state index contributed by atoms with van der Waals surface area (Å²) in [7, 11) is -4.68. The van der Waals surface area contributed by atoms with Crippen molar-refractivity contribution in [2.24, 2.45) is 17.3 Å². The maximum Gasteiger partial charge on any atom is 0.510 e. The van der Waals surface area contributed by atoms with E-state index in [1.165, 1.54) is 23.6 Å². The van der Waals surface area contributed by atoms with Gasteiger partial charge in [0.15, 0.2) is 18.0 Å². The first-order valence-corrected chi connectivity index (χ1v) is 19.0. The maximum absolute atomic E-state index is 14.3. The Morgan fingerprint density at radius 2 is 1.69 bits per heavy atom. The van der Waals surface area contributed by atoms with Crippen LogP contribution in [-0.4, -0.2) is 89.1 Å². The van der Waals surface area contributed by atoms with Crippen LogP contribution in [0.4, 0.5) is 10.6 Å². The zero-order chi connectivity index (χ0) is 40.6. The molecule has 0 aromatic carbocycles. The second-order valence-electron chi connectivity index (χ2n) is 14.3. The molecule has 20 heteroatoms. The zero-order valence-corrected chi connectivity index (χ0v) is 33.1. The van der Waals surface area contributed by atoms with Gasteiger partial charge in [-0.05, 0) is 44.7 Å². The fourth-order valence-electron chi connectivity index (χ4n) is 4.77. The van der Waals surface area contributed by atoms with Crippen LogP contribution in [0.15, 0.2) is 18.5 Å². The second kappa shape index (κ2) is 18.3. The van der Waals surface area contributed by atoms with Crippen molar-refractivity contribution in [3.63, 3.8) is 0 Å². The Labute approximate surface area is 314 Å². The summed E-state index contributed by atoms with van der Waals surface area (Å²) in [6.45, 7) is 14.9. The second-order valence-corrected chi connectivity index (χ2v) is 16.1. The van der Waals surface area contributed by atoms with E-state index < -0.39 is 93.1 Å². The smallest absolute Gasteiger partial charge is 0.464 e. The number of anilines is 1. The maximum atomic E-state index is 14.3. The van der Waals surface area contributed by atoms with Gasteiger partial charge in [0.25, 0.3) is 0 Å². The molecule has 0 aliphatic carbocycles. The van der Waals surface area contributed by atoms with Gasteiger partial charge in [-0.3, -0.25) is 23.4 Å². The molecule has 3 heterocycles. The number of carbonyl (C=O) groups is 4. The van der Waals surface area contributed by atoms with Crippen molar-refractivity contribution >= 4 is 43.1 Å². The Morgan fingerprint density at radius 3 is 2.28 bits per heavy atom. The lowest BCUT2D eigenvalue weighted by Crippen LogP contribution is -2.47. The number of rotatable bonds is 18. The minimum atomic E-state index is -4.68. The quantitative estimate of drug-likeness (QED) is 0.0931. The lowest BCUT2D eigenvalue weighted by molar-refractivity contribution is -0.173. The van der Waals surface area contributed by atoms with Crippen molar-refractivity contribution in [2.45, 2.75) is 112 Å². The number of carbonyl (C=O) groups excluding carboxylic acids is 4. The van der Waals surface area contributed by atoms with Crippen LogP contribution in [0.5, 0.6) is 0 Å². The molecular formula is C34H51N6O13P. The highest BCUT2D eigenvalue weighted by Crippen LogP contribution is 2.48. The largest absolute Gasteiger partial charge is 0.510 e. The Morgan fingerprint density at radius 1 is 1.04 bits per heavy atom. The Hall–Kier alpha value is -4.34. The van der Waals surface area contributed by atoms with E-state index in [2.05, 4.69) is 21.2 Å². The SMILES string of the molecule is CCC(C)(C)COC(=O)[C@H](C)NP(=O)(OCOC(=O)OC(C)C)OC[C@H]1O[C@@](C#N)(c2ccc3c(N)ncnn23)[C@H](OC(=O)C(C)C)[C@@H]1OC(=O)C(C)C. The molecule has 54 heavy (non-hydrogen) atoms. The van der Waals surface area contributed by atoms with Gasteiger partial charge in [-0.2, -0.15) is 10.4 Å². The van der Waals surface area contributed by atoms with E-state index in [-0.39, 0.29) is 29.1 Å². The highest BCUT2D eigenvalue weighted by Gasteiger charge is 2.63. The van der Waals surface area contributed by atoms with Crippen molar-refractivity contribution in [3.8, 4) is 6.07 Å². The van der Waals surface area contributed by atoms with Crippen LogP contribution in [-0.2, 0) is 62.0 Å². The molecule has 1 saturated heterocycles. The number of ether oxygens (including phenoxy) is 6. The number of esters is 3. The molecule has 3 N–H and O–H groups in total. The van der Waals surface area contributed by atoms with Crippen LogP contribution in [0.25, 0.3) is 5.52 Å². The summed E-state index contributed by atoms with van der Waals surface area (Å²) in [5, 5.41) is 17.5. The average molecular weight is 783 g/mol. The van der Waals surface area contributed by atoms with Crippen LogP contribution in [0.3, 0.4) is 0 Å². The van der Waals surface area contributed by atoms with Crippen LogP contribution in [0.1, 0.15) is 81.4 Å². The van der Waals surface area contributed by atoms with Crippen molar-refractivity contribution in [1.29, 1.82) is 5.26 Å². The normalized spacial score (nSPS) is 21.7. The van der Waals surface area contributed by atoms with E-state index in [1.54, 1.807) is 41.5 Å². The summed E-state index contributed by atoms with van der Waals surface area (Å²) in [4.78, 5) is 55.2. The lowest BCUT2D eigenvalue weighted by atomic mass is 9.92. The number of nitrogens with zero attached hydrogens (tertiary/aromatic N) is 4. The molecule has 0 radical (unpaired) electrons. The third kappa shape index (κ3) is 10.9. The van der Waals surface area contributed by atoms with E-state index in [4.69, 9.17) is 43.2 Å². The fraction of sp³-hybridized carbons (Fsp3) is 0.676. The monoisotopic (exact) mass is 782 g/mol. The van der Waals surface area contributed by atoms with Crippen molar-refractivity contribution in [2.75, 3.05) is 25.7 Å². The number of hydrogen-bond donors (Lipinski definition) is 2. The molecule has 0 bridgehead atoms. The van der Waals surface area contributed by atoms with E-state index in [1.807, 2.05) is 20.8 Å². The van der Waals surface area contributed by atoms with Crippen molar-refractivity contribution < 1.29 is 61.2 Å². The van der Waals surface area contributed by atoms with Crippen LogP contribution in [0, 0.1) is 28.6 Å². The molecule has 0 spiro atoms. The number of nitriles is 1. The summed E-state index contributed by atoms with van der Waals surface area (Å²) < 4.78 is 59.9. The minimum Gasteiger partial charge on any atom is -0.464 e. The summed E-state index contributed by atoms with van der Waals surface area (Å²) in [6, 6.07) is 3.76. The van der Waals surface area contributed by atoms with E-state index >= 15 is 0 Å². The number of fused-ring (bicyclic) bond motifs is 1. The summed E-state index contributed by atoms with van der Waals surface area (Å²) >= 11 is 0. The summed E-state index contributed by atoms with van der Waals surface area (Å²) in [5.41, 5.74) is 3.81. The van der Waals surface area contributed by atoms with Gasteiger partial charge >= 0.3 is 31.8 Å². The molecule has 0 saturated carbocycles. The molecule has 1 unspecified atom stereocenters. The first-order valence-electron chi connectivity index (χ1n) is 17.4. The van der Waals surface area contributed by atoms with Crippen LogP contribution >= 0.6 is 7.75 Å². The van der Waals surface area contributed by atoms with E-state index in [0.717, 1.165) is 6.33 Å². The number of hydrogen-bond acceptors (Lipinski definition) is 17. The van der Waals surface area contributed by atoms with Crippen LogP contribution in [0.2, 0.25) is 0 Å². The minimum absolute atomic E-state index is 0.0322. The number of nitrogens with one attached hydrogen (secondary N) is 1. The molecule has 3 rings (SSSR count). The highest BCUT2D eigenvalue weighted by atomic mass is 31.2. The molecule has 300 valence electrons. The van der Waals surface area contributed by atoms with Gasteiger partial charge in [0, 0.05) is 0 Å². The topological polar surface area (TPSA) is 251 Å². The fourth-order valence-corrected chi connectivity index (χ4v) is 6.11. The first-order chi connectivity index (χ1) is 25.2. The van der Waals surface area contributed by atoms with Gasteiger partial charge in [0.05, 0.1) is 36.8 Å². The molecule has 6 atom stereocenters. The Kier molecular flexibility index (Phi) is 15.0. The number of nitrogens with two attached hydrogens (primary N) is 1. The van der Waals surface area contributed by atoms with Crippen molar-refractivity contribution in [1.82, 2.24) is 19.7 Å². The highest BCUT2D eigenvalue weighted by molar-refractivity contribution is 7.51. The molecule has 19 nitrogen and oxygen atoms in total. The van der Waals surface area contributed by atoms with Crippen LogP contribution < -0.4 is 10.8 Å². The molecule has 2 aromatic rings. The van der Waals surface area contributed by atoms with Gasteiger partial charge in [-0.15, -0.1) is 0 Å². The van der Waals surface area contributed by atoms with Gasteiger partial charge < -0.3 is 34.2 Å². The lowest BCUT2D eigenvalue weighted by Gasteiger charge is -2.29. The Bertz CT molecular complexity index is 1740. The zero-order valence-electron chi connectivity index (χ0n) is 32.2. The molecule has 0 amide bonds. The average Bonchev–Trinajstić information content (AvgIpc) is 3.66. The summed E-state index contributed by atoms with van der Waals surface area (Å²) in [6.07, 6.45) is -4.49. The molecular weight excluding hydrogens is 731 g/mol. The Balaban J connectivity index is 2.05. The predicted octanol–water partition coefficient (Wildman–Crippen LogP) is 4.18. The van der Waals surface area contributed by atoms with Gasteiger partial charge in [-0.1, -0.05) is 48.5 Å². The van der Waals surface area contributed by atoms with E-state index in [9.17, 15) is 29.0 Å². The summed E-state index contributed by atoms with van der Waals surface area (Å²) in [5.74, 6) is -3.61. The third-order valence-corrected chi connectivity index (χ3v) is 9.91. The van der Waals surface area contributed by atoms with E-state index in [0.29, 0.717) is 6.42 Å². The standard InChI is InChI=1S/C34H51N6O13P/c1-11-33(9,10)16-46-31(43)22(8)39-54(45,49-18-47-32(44)50-21(6)7)48-14-24-26(51-29(41)19(2)3)27(52-30(42)20(4)5)34(15-35,53-24)25-13-12-23-28(36)37-17-38-40(23)25/h12-13,17,19-22,24,26-27H,11,14,16,18H2,1-10H3,(H,39,45)(H2,36,37,38)/t22-,24+,26+,27+,34-,54?/m0/s1. The van der Waals surface area contributed by atoms with Gasteiger partial charge in [-0.25, -0.2) is 23.9 Å². The number of nitrogen functional groups attached to an aromatic ring is 1. The first kappa shape index (κ1) is 44.1. The van der Waals surface area contributed by atoms with Crippen molar-refractivity contribution in [3.05, 3.63) is 24.2 Å².